The molecule has 1 atom stereocenters. The molecule has 4 nitrogen and oxygen atoms in total. The molecule has 0 saturated heterocycles. The molecule has 2 aromatic rings. The summed E-state index contributed by atoms with van der Waals surface area (Å²) in [5.74, 6) is 0. The van der Waals surface area contributed by atoms with Crippen molar-refractivity contribution in [2.24, 2.45) is 0 Å². The van der Waals surface area contributed by atoms with E-state index in [4.69, 9.17) is 5.11 Å². The number of hydrogen-bond acceptors (Lipinski definition) is 5. The van der Waals surface area contributed by atoms with Crippen LogP contribution in [0.15, 0.2) is 46.7 Å². The van der Waals surface area contributed by atoms with Crippen molar-refractivity contribution >= 4 is 21.5 Å². The highest BCUT2D eigenvalue weighted by atomic mass is 32.2. The molecule has 6 heteroatoms. The number of aliphatic hydroxyl groups is 1. The van der Waals surface area contributed by atoms with E-state index in [9.17, 15) is 13.0 Å². The van der Waals surface area contributed by atoms with E-state index in [2.05, 4.69) is 0 Å². The first-order valence-electron chi connectivity index (χ1n) is 6.02. The highest BCUT2D eigenvalue weighted by Gasteiger charge is 1.98. The molecule has 1 unspecified atom stereocenters. The number of aryl methyl sites for hydroxylation is 1. The van der Waals surface area contributed by atoms with Gasteiger partial charge in [-0.1, -0.05) is 23.8 Å². The number of thiophene rings is 1. The Morgan fingerprint density at radius 1 is 1.25 bits per heavy atom. The van der Waals surface area contributed by atoms with Crippen molar-refractivity contribution in [1.82, 2.24) is 0 Å². The van der Waals surface area contributed by atoms with Crippen LogP contribution in [0, 0.1) is 6.92 Å². The maximum atomic E-state index is 10.4. The Hall–Kier alpha value is -1.21. The molecule has 1 aromatic heterocycles. The van der Waals surface area contributed by atoms with Gasteiger partial charge in [-0.2, -0.15) is 0 Å². The van der Waals surface area contributed by atoms with Crippen LogP contribution in [0.2, 0.25) is 0 Å². The van der Waals surface area contributed by atoms with E-state index in [0.717, 1.165) is 12.0 Å². The smallest absolute Gasteiger partial charge is 0.124 e. The van der Waals surface area contributed by atoms with Crippen molar-refractivity contribution in [3.8, 4) is 0 Å². The lowest BCUT2D eigenvalue weighted by atomic mass is 10.2. The largest absolute Gasteiger partial charge is 0.744 e. The number of hydrogen-bond donors (Lipinski definition) is 1. The van der Waals surface area contributed by atoms with Gasteiger partial charge in [0.2, 0.25) is 0 Å². The van der Waals surface area contributed by atoms with E-state index < -0.39 is 10.1 Å². The molecule has 1 heterocycles. The molecule has 0 spiro atoms. The summed E-state index contributed by atoms with van der Waals surface area (Å²) in [5, 5.41) is 11.0. The van der Waals surface area contributed by atoms with Crippen LogP contribution in [0.3, 0.4) is 0 Å². The Balaban J connectivity index is 0.000000204. The molecule has 1 N–H and O–H groups in total. The Morgan fingerprint density at radius 2 is 1.85 bits per heavy atom. The predicted octanol–water partition coefficient (Wildman–Crippen LogP) is 2.57. The zero-order chi connectivity index (χ0) is 15.2. The molecule has 20 heavy (non-hydrogen) atoms. The van der Waals surface area contributed by atoms with E-state index in [0.29, 0.717) is 0 Å². The van der Waals surface area contributed by atoms with Crippen molar-refractivity contribution in [2.45, 2.75) is 31.3 Å². The van der Waals surface area contributed by atoms with Crippen molar-refractivity contribution in [1.29, 1.82) is 0 Å². The van der Waals surface area contributed by atoms with Crippen LogP contribution in [0.25, 0.3) is 0 Å². The molecule has 0 radical (unpaired) electrons. The first-order chi connectivity index (χ1) is 9.29. The molecule has 0 amide bonds. The lowest BCUT2D eigenvalue weighted by Gasteiger charge is -2.05. The molecule has 0 aliphatic rings. The van der Waals surface area contributed by atoms with Crippen LogP contribution in [0.5, 0.6) is 0 Å². The summed E-state index contributed by atoms with van der Waals surface area (Å²) in [7, 11) is -4.27. The molecular weight excluding hydrogens is 296 g/mol. The number of benzene rings is 1. The first kappa shape index (κ1) is 16.8. The van der Waals surface area contributed by atoms with Gasteiger partial charge < -0.3 is 9.66 Å². The Bertz CT molecular complexity index is 599. The van der Waals surface area contributed by atoms with Crippen molar-refractivity contribution in [3.63, 3.8) is 0 Å². The van der Waals surface area contributed by atoms with Gasteiger partial charge >= 0.3 is 0 Å². The molecule has 2 rings (SSSR count). The quantitative estimate of drug-likeness (QED) is 0.883. The first-order valence-corrected chi connectivity index (χ1v) is 8.31. The zero-order valence-corrected chi connectivity index (χ0v) is 12.9. The number of rotatable bonds is 3. The summed E-state index contributed by atoms with van der Waals surface area (Å²) >= 11 is 1.69. The normalized spacial score (nSPS) is 12.4. The van der Waals surface area contributed by atoms with Gasteiger partial charge in [0.1, 0.15) is 10.1 Å². The fourth-order valence-corrected chi connectivity index (χ4v) is 2.72. The molecule has 0 fully saturated rings. The van der Waals surface area contributed by atoms with Crippen LogP contribution in [-0.4, -0.2) is 24.2 Å². The SMILES string of the molecule is CC(O)Cc1cccs1.Cc1ccc(S(=O)(=O)[O-])cc1. The van der Waals surface area contributed by atoms with Gasteiger partial charge in [0.25, 0.3) is 0 Å². The van der Waals surface area contributed by atoms with Crippen LogP contribution in [0.1, 0.15) is 17.4 Å². The van der Waals surface area contributed by atoms with Crippen molar-refractivity contribution < 1.29 is 18.1 Å². The molecule has 1 aromatic carbocycles. The molecule has 110 valence electrons. The lowest BCUT2D eigenvalue weighted by Crippen LogP contribution is -2.01. The van der Waals surface area contributed by atoms with Gasteiger partial charge in [0.05, 0.1) is 11.0 Å². The second-order valence-corrected chi connectivity index (χ2v) is 6.81. The van der Waals surface area contributed by atoms with Gasteiger partial charge in [-0.05, 0) is 37.4 Å². The zero-order valence-electron chi connectivity index (χ0n) is 11.3. The van der Waals surface area contributed by atoms with Gasteiger partial charge in [0.15, 0.2) is 0 Å². The molecule has 0 aliphatic carbocycles. The van der Waals surface area contributed by atoms with Crippen LogP contribution < -0.4 is 0 Å². The molecule has 0 saturated carbocycles. The summed E-state index contributed by atoms with van der Waals surface area (Å²) in [6.07, 6.45) is 0.584. The second kappa shape index (κ2) is 7.54. The lowest BCUT2D eigenvalue weighted by molar-refractivity contribution is 0.196. The highest BCUT2D eigenvalue weighted by Crippen LogP contribution is 2.10. The van der Waals surface area contributed by atoms with E-state index in [1.807, 2.05) is 24.4 Å². The third-order valence-electron chi connectivity index (χ3n) is 2.39. The summed E-state index contributed by atoms with van der Waals surface area (Å²) in [4.78, 5) is 1.08. The van der Waals surface area contributed by atoms with E-state index in [-0.39, 0.29) is 11.0 Å². The Morgan fingerprint density at radius 3 is 2.25 bits per heavy atom. The third-order valence-corrected chi connectivity index (χ3v) is 4.13. The van der Waals surface area contributed by atoms with E-state index >= 15 is 0 Å². The fourth-order valence-electron chi connectivity index (χ4n) is 1.42. The Kier molecular flexibility index (Phi) is 6.35. The maximum absolute atomic E-state index is 10.4. The summed E-state index contributed by atoms with van der Waals surface area (Å²) in [6, 6.07) is 9.82. The maximum Gasteiger partial charge on any atom is 0.124 e. The third kappa shape index (κ3) is 6.29. The van der Waals surface area contributed by atoms with Gasteiger partial charge in [0, 0.05) is 11.3 Å². The minimum Gasteiger partial charge on any atom is -0.744 e. The van der Waals surface area contributed by atoms with Gasteiger partial charge in [-0.25, -0.2) is 8.42 Å². The summed E-state index contributed by atoms with van der Waals surface area (Å²) in [5.41, 5.74) is 0.928. The average Bonchev–Trinajstić information content (AvgIpc) is 2.81. The molecule has 0 bridgehead atoms. The fraction of sp³-hybridized carbons (Fsp3) is 0.286. The molecular formula is C14H17O4S2-. The molecule has 0 aliphatic heterocycles. The average molecular weight is 313 g/mol. The van der Waals surface area contributed by atoms with Crippen LogP contribution in [-0.2, 0) is 16.5 Å². The predicted molar refractivity (Wildman–Crippen MR) is 78.8 cm³/mol. The van der Waals surface area contributed by atoms with E-state index in [1.54, 1.807) is 30.4 Å². The summed E-state index contributed by atoms with van der Waals surface area (Å²) in [6.45, 7) is 3.63. The minimum atomic E-state index is -4.27. The van der Waals surface area contributed by atoms with Gasteiger partial charge in [-0.3, -0.25) is 0 Å². The van der Waals surface area contributed by atoms with Gasteiger partial charge in [-0.15, -0.1) is 11.3 Å². The van der Waals surface area contributed by atoms with Crippen molar-refractivity contribution in [2.75, 3.05) is 0 Å². The van der Waals surface area contributed by atoms with Crippen LogP contribution >= 0.6 is 11.3 Å². The van der Waals surface area contributed by atoms with Crippen molar-refractivity contribution in [3.05, 3.63) is 52.2 Å². The van der Waals surface area contributed by atoms with Crippen LogP contribution in [0.4, 0.5) is 0 Å². The highest BCUT2D eigenvalue weighted by molar-refractivity contribution is 7.85. The second-order valence-electron chi connectivity index (χ2n) is 4.40. The monoisotopic (exact) mass is 313 g/mol. The Labute approximate surface area is 123 Å². The topological polar surface area (TPSA) is 77.4 Å². The minimum absolute atomic E-state index is 0.178. The summed E-state index contributed by atoms with van der Waals surface area (Å²) < 4.78 is 31.2. The standard InChI is InChI=1S/C7H8O3S.C7H10OS/c1-6-2-4-7(5-3-6)11(8,9)10;1-6(8)5-7-3-2-4-9-7/h2-5H,1H3,(H,8,9,10);2-4,6,8H,5H2,1H3/p-1. The number of aliphatic hydroxyl groups excluding tert-OH is 1. The van der Waals surface area contributed by atoms with E-state index in [1.165, 1.54) is 17.0 Å².